The van der Waals surface area contributed by atoms with Crippen molar-refractivity contribution in [2.75, 3.05) is 18.5 Å². The number of carbonyl (C=O) groups is 2. The van der Waals surface area contributed by atoms with Crippen LogP contribution in [0.15, 0.2) is 83.7 Å². The Bertz CT molecular complexity index is 1450. The minimum Gasteiger partial charge on any atom is -0.477 e. The average Bonchev–Trinajstić information content (AvgIpc) is 2.89. The van der Waals surface area contributed by atoms with Crippen LogP contribution in [-0.2, 0) is 11.3 Å². The van der Waals surface area contributed by atoms with Crippen LogP contribution in [0.2, 0.25) is 0 Å². The monoisotopic (exact) mass is 454 g/mol. The second kappa shape index (κ2) is 8.82. The zero-order valence-corrected chi connectivity index (χ0v) is 18.5. The van der Waals surface area contributed by atoms with Crippen molar-refractivity contribution in [3.63, 3.8) is 0 Å². The van der Waals surface area contributed by atoms with E-state index in [4.69, 9.17) is 4.74 Å². The van der Waals surface area contributed by atoms with Crippen molar-refractivity contribution < 1.29 is 14.3 Å². The lowest BCUT2D eigenvalue weighted by Crippen LogP contribution is -2.50. The molecule has 3 aromatic carbocycles. The number of likely N-dealkylation sites (N-methyl/N-ethyl adjacent to an activating group) is 1. The zero-order chi connectivity index (χ0) is 23.7. The molecule has 1 aromatic heterocycles. The van der Waals surface area contributed by atoms with Gasteiger partial charge in [0.1, 0.15) is 5.75 Å². The molecule has 2 heterocycles. The number of benzene rings is 3. The Morgan fingerprint density at radius 2 is 1.65 bits per heavy atom. The molecule has 4 aromatic rings. The summed E-state index contributed by atoms with van der Waals surface area (Å²) in [7, 11) is 1.52. The van der Waals surface area contributed by atoms with Gasteiger partial charge in [-0.2, -0.15) is 5.10 Å². The summed E-state index contributed by atoms with van der Waals surface area (Å²) in [5.41, 5.74) is 1.29. The Kier molecular flexibility index (Phi) is 5.55. The highest BCUT2D eigenvalue weighted by molar-refractivity contribution is 6.13. The van der Waals surface area contributed by atoms with Crippen molar-refractivity contribution in [2.45, 2.75) is 12.6 Å². The third kappa shape index (κ3) is 3.79. The molecule has 0 fully saturated rings. The minimum atomic E-state index is -0.870. The lowest BCUT2D eigenvalue weighted by molar-refractivity contribution is -0.127. The summed E-state index contributed by atoms with van der Waals surface area (Å²) < 4.78 is 7.14. The zero-order valence-electron chi connectivity index (χ0n) is 18.5. The molecular weight excluding hydrogens is 432 g/mol. The van der Waals surface area contributed by atoms with Gasteiger partial charge < -0.3 is 10.1 Å². The number of fused-ring (bicyclic) bond motifs is 2. The van der Waals surface area contributed by atoms with E-state index in [1.165, 1.54) is 16.6 Å². The first kappa shape index (κ1) is 21.4. The Morgan fingerprint density at radius 1 is 0.971 bits per heavy atom. The van der Waals surface area contributed by atoms with E-state index in [-0.39, 0.29) is 30.2 Å². The molecule has 1 aliphatic rings. The Hall–Kier alpha value is -4.46. The van der Waals surface area contributed by atoms with Gasteiger partial charge in [-0.05, 0) is 23.8 Å². The Morgan fingerprint density at radius 3 is 2.41 bits per heavy atom. The fourth-order valence-corrected chi connectivity index (χ4v) is 4.11. The molecule has 1 N–H and O–H groups in total. The standard InChI is InChI=1S/C26H22N4O4/c1-27-24(31)22-16-29(20-13-7-8-14-21(20)34-22)26(33)23-18-11-5-6-12-19(18)25(32)30(28-23)15-17-9-3-2-4-10-17/h2-14,22H,15-16H2,1H3,(H,27,31)/t22-/m1/s1. The van der Waals surface area contributed by atoms with Crippen molar-refractivity contribution in [1.29, 1.82) is 0 Å². The molecule has 8 nitrogen and oxygen atoms in total. The van der Waals surface area contributed by atoms with Gasteiger partial charge in [0, 0.05) is 12.4 Å². The number of para-hydroxylation sites is 2. The van der Waals surface area contributed by atoms with E-state index in [2.05, 4.69) is 10.4 Å². The first-order chi connectivity index (χ1) is 16.6. The van der Waals surface area contributed by atoms with Crippen LogP contribution in [0.5, 0.6) is 5.75 Å². The molecular formula is C26H22N4O4. The molecule has 34 heavy (non-hydrogen) atoms. The molecule has 5 rings (SSSR count). The second-order valence-electron chi connectivity index (χ2n) is 7.95. The van der Waals surface area contributed by atoms with Crippen molar-refractivity contribution in [2.24, 2.45) is 0 Å². The number of nitrogens with one attached hydrogen (secondary N) is 1. The van der Waals surface area contributed by atoms with Crippen LogP contribution in [0.3, 0.4) is 0 Å². The van der Waals surface area contributed by atoms with Crippen LogP contribution in [-0.4, -0.2) is 41.3 Å². The van der Waals surface area contributed by atoms with Gasteiger partial charge in [0.2, 0.25) is 0 Å². The number of ether oxygens (including phenoxy) is 1. The lowest BCUT2D eigenvalue weighted by atomic mass is 10.1. The van der Waals surface area contributed by atoms with Gasteiger partial charge in [-0.15, -0.1) is 0 Å². The highest BCUT2D eigenvalue weighted by Crippen LogP contribution is 2.34. The summed E-state index contributed by atoms with van der Waals surface area (Å²) >= 11 is 0. The molecule has 0 spiro atoms. The quantitative estimate of drug-likeness (QED) is 0.512. The molecule has 0 unspecified atom stereocenters. The highest BCUT2D eigenvalue weighted by atomic mass is 16.5. The first-order valence-corrected chi connectivity index (χ1v) is 10.9. The molecule has 0 radical (unpaired) electrons. The van der Waals surface area contributed by atoms with E-state index in [0.717, 1.165) is 5.56 Å². The smallest absolute Gasteiger partial charge is 0.279 e. The van der Waals surface area contributed by atoms with Crippen molar-refractivity contribution in [3.8, 4) is 5.75 Å². The fourth-order valence-electron chi connectivity index (χ4n) is 4.11. The van der Waals surface area contributed by atoms with Gasteiger partial charge in [0.15, 0.2) is 11.8 Å². The van der Waals surface area contributed by atoms with Crippen molar-refractivity contribution in [3.05, 3.63) is 100 Å². The van der Waals surface area contributed by atoms with Gasteiger partial charge in [-0.1, -0.05) is 60.7 Å². The molecule has 2 amide bonds. The van der Waals surface area contributed by atoms with Gasteiger partial charge in [-0.25, -0.2) is 4.68 Å². The van der Waals surface area contributed by atoms with Gasteiger partial charge in [0.05, 0.1) is 24.2 Å². The normalized spacial score (nSPS) is 14.9. The van der Waals surface area contributed by atoms with Crippen LogP contribution in [0.1, 0.15) is 16.1 Å². The van der Waals surface area contributed by atoms with E-state index in [9.17, 15) is 14.4 Å². The van der Waals surface area contributed by atoms with Crippen LogP contribution < -0.4 is 20.5 Å². The molecule has 0 saturated heterocycles. The number of aromatic nitrogens is 2. The van der Waals surface area contributed by atoms with Crippen molar-refractivity contribution >= 4 is 28.3 Å². The maximum absolute atomic E-state index is 13.9. The van der Waals surface area contributed by atoms with Crippen molar-refractivity contribution in [1.82, 2.24) is 15.1 Å². The van der Waals surface area contributed by atoms with Crippen LogP contribution in [0, 0.1) is 0 Å². The topological polar surface area (TPSA) is 93.5 Å². The number of hydrogen-bond acceptors (Lipinski definition) is 5. The summed E-state index contributed by atoms with van der Waals surface area (Å²) in [5.74, 6) is -0.320. The van der Waals surface area contributed by atoms with Crippen LogP contribution in [0.25, 0.3) is 10.8 Å². The number of amides is 2. The van der Waals surface area contributed by atoms with E-state index in [1.54, 1.807) is 48.5 Å². The predicted molar refractivity (Wildman–Crippen MR) is 128 cm³/mol. The maximum atomic E-state index is 13.9. The number of carbonyl (C=O) groups excluding carboxylic acids is 2. The minimum absolute atomic E-state index is 0.0172. The van der Waals surface area contributed by atoms with E-state index in [0.29, 0.717) is 22.2 Å². The third-order valence-electron chi connectivity index (χ3n) is 5.80. The summed E-state index contributed by atoms with van der Waals surface area (Å²) in [6.07, 6.45) is -0.870. The lowest BCUT2D eigenvalue weighted by Gasteiger charge is -2.34. The van der Waals surface area contributed by atoms with E-state index < -0.39 is 12.0 Å². The molecule has 0 saturated carbocycles. The van der Waals surface area contributed by atoms with Gasteiger partial charge >= 0.3 is 0 Å². The third-order valence-corrected chi connectivity index (χ3v) is 5.80. The molecule has 1 aliphatic heterocycles. The summed E-state index contributed by atoms with van der Waals surface area (Å²) in [5, 5.41) is 7.95. The van der Waals surface area contributed by atoms with Gasteiger partial charge in [0.25, 0.3) is 17.4 Å². The fraction of sp³-hybridized carbons (Fsp3) is 0.154. The largest absolute Gasteiger partial charge is 0.477 e. The van der Waals surface area contributed by atoms with E-state index >= 15 is 0 Å². The SMILES string of the molecule is CNC(=O)[C@H]1CN(C(=O)c2nn(Cc3ccccc3)c(=O)c3ccccc23)c2ccccc2O1. The Labute approximate surface area is 195 Å². The predicted octanol–water partition coefficient (Wildman–Crippen LogP) is 2.60. The number of anilines is 1. The number of hydrogen-bond donors (Lipinski definition) is 1. The Balaban J connectivity index is 1.64. The molecule has 170 valence electrons. The molecule has 8 heteroatoms. The highest BCUT2D eigenvalue weighted by Gasteiger charge is 2.35. The molecule has 0 aliphatic carbocycles. The number of rotatable bonds is 4. The van der Waals surface area contributed by atoms with E-state index in [1.807, 2.05) is 30.3 Å². The molecule has 0 bridgehead atoms. The second-order valence-corrected chi connectivity index (χ2v) is 7.95. The number of nitrogens with zero attached hydrogens (tertiary/aromatic N) is 3. The maximum Gasteiger partial charge on any atom is 0.279 e. The summed E-state index contributed by atoms with van der Waals surface area (Å²) in [4.78, 5) is 40.9. The summed E-state index contributed by atoms with van der Waals surface area (Å²) in [6, 6.07) is 23.5. The average molecular weight is 454 g/mol. The van der Waals surface area contributed by atoms with Gasteiger partial charge in [-0.3, -0.25) is 19.3 Å². The van der Waals surface area contributed by atoms with Crippen LogP contribution >= 0.6 is 0 Å². The van der Waals surface area contributed by atoms with Crippen LogP contribution in [0.4, 0.5) is 5.69 Å². The molecule has 1 atom stereocenters. The first-order valence-electron chi connectivity index (χ1n) is 10.9. The summed E-state index contributed by atoms with van der Waals surface area (Å²) in [6.45, 7) is 0.245.